The third kappa shape index (κ3) is 4.62. The van der Waals surface area contributed by atoms with Gasteiger partial charge in [0, 0.05) is 6.54 Å². The lowest BCUT2D eigenvalue weighted by molar-refractivity contribution is -0.142. The van der Waals surface area contributed by atoms with Crippen LogP contribution in [0, 0.1) is 5.41 Å². The molecule has 0 radical (unpaired) electrons. The topological polar surface area (TPSA) is 43.8 Å². The van der Waals surface area contributed by atoms with Crippen molar-refractivity contribution in [1.82, 2.24) is 9.80 Å². The Balaban J connectivity index is 1.46. The molecule has 1 aromatic rings. The Kier molecular flexibility index (Phi) is 6.13. The van der Waals surface area contributed by atoms with E-state index < -0.39 is 5.97 Å². The molecule has 0 aromatic heterocycles. The van der Waals surface area contributed by atoms with Gasteiger partial charge in [0.25, 0.3) is 0 Å². The second-order valence-electron chi connectivity index (χ2n) is 7.96. The van der Waals surface area contributed by atoms with Crippen molar-refractivity contribution in [2.45, 2.75) is 51.5 Å². The summed E-state index contributed by atoms with van der Waals surface area (Å²) in [6.45, 7) is 7.45. The molecular formula is C21H32N2O2. The highest BCUT2D eigenvalue weighted by atomic mass is 16.4. The Morgan fingerprint density at radius 1 is 1.20 bits per heavy atom. The van der Waals surface area contributed by atoms with Crippen molar-refractivity contribution < 1.29 is 9.90 Å². The molecule has 0 bridgehead atoms. The van der Waals surface area contributed by atoms with Gasteiger partial charge in [-0.3, -0.25) is 9.69 Å². The van der Waals surface area contributed by atoms with E-state index in [9.17, 15) is 9.90 Å². The van der Waals surface area contributed by atoms with Crippen LogP contribution < -0.4 is 0 Å². The molecule has 0 aliphatic carbocycles. The predicted octanol–water partition coefficient (Wildman–Crippen LogP) is 3.27. The Morgan fingerprint density at radius 3 is 2.56 bits per heavy atom. The van der Waals surface area contributed by atoms with Gasteiger partial charge >= 0.3 is 5.97 Å². The number of rotatable bonds is 7. The monoisotopic (exact) mass is 344 g/mol. The molecular weight excluding hydrogens is 312 g/mol. The summed E-state index contributed by atoms with van der Waals surface area (Å²) in [6.07, 6.45) is 6.54. The minimum absolute atomic E-state index is 0.244. The van der Waals surface area contributed by atoms with Crippen LogP contribution in [-0.4, -0.2) is 59.6 Å². The first kappa shape index (κ1) is 18.4. The van der Waals surface area contributed by atoms with E-state index in [4.69, 9.17) is 0 Å². The molecule has 1 N–H and O–H groups in total. The largest absolute Gasteiger partial charge is 0.480 e. The molecule has 0 amide bonds. The van der Waals surface area contributed by atoms with E-state index in [0.29, 0.717) is 0 Å². The van der Waals surface area contributed by atoms with Gasteiger partial charge in [0.15, 0.2) is 0 Å². The zero-order valence-electron chi connectivity index (χ0n) is 15.5. The van der Waals surface area contributed by atoms with E-state index >= 15 is 0 Å². The SMILES string of the molecule is CCCN1CC2(CCN(CCCc3ccccc3)CC2)CC1C(=O)O. The summed E-state index contributed by atoms with van der Waals surface area (Å²) in [5, 5.41) is 9.55. The van der Waals surface area contributed by atoms with Gasteiger partial charge in [-0.1, -0.05) is 37.3 Å². The number of carboxylic acids is 1. The number of likely N-dealkylation sites (tertiary alicyclic amines) is 2. The minimum atomic E-state index is -0.629. The van der Waals surface area contributed by atoms with Gasteiger partial charge in [0.1, 0.15) is 6.04 Å². The summed E-state index contributed by atoms with van der Waals surface area (Å²) in [5.41, 5.74) is 1.67. The fourth-order valence-corrected chi connectivity index (χ4v) is 4.68. The fraction of sp³-hybridized carbons (Fsp3) is 0.667. The number of aryl methyl sites for hydroxylation is 1. The molecule has 2 aliphatic rings. The average Bonchev–Trinajstić information content (AvgIpc) is 2.97. The molecule has 1 spiro atoms. The maximum absolute atomic E-state index is 11.6. The van der Waals surface area contributed by atoms with E-state index in [1.807, 2.05) is 0 Å². The highest BCUT2D eigenvalue weighted by Crippen LogP contribution is 2.43. The van der Waals surface area contributed by atoms with Gasteiger partial charge in [-0.2, -0.15) is 0 Å². The maximum Gasteiger partial charge on any atom is 0.320 e. The fourth-order valence-electron chi connectivity index (χ4n) is 4.68. The number of hydrogen-bond acceptors (Lipinski definition) is 3. The lowest BCUT2D eigenvalue weighted by Gasteiger charge is -2.39. The second kappa shape index (κ2) is 8.33. The number of nitrogens with zero attached hydrogens (tertiary/aromatic N) is 2. The van der Waals surface area contributed by atoms with E-state index in [1.54, 1.807) is 0 Å². The second-order valence-corrected chi connectivity index (χ2v) is 7.96. The third-order valence-electron chi connectivity index (χ3n) is 6.10. The molecule has 1 aromatic carbocycles. The molecule has 1 atom stereocenters. The Bertz CT molecular complexity index is 552. The summed E-state index contributed by atoms with van der Waals surface area (Å²) < 4.78 is 0. The molecule has 2 saturated heterocycles. The van der Waals surface area contributed by atoms with E-state index in [2.05, 4.69) is 47.1 Å². The van der Waals surface area contributed by atoms with Gasteiger partial charge in [0.2, 0.25) is 0 Å². The van der Waals surface area contributed by atoms with Crippen molar-refractivity contribution in [3.05, 3.63) is 35.9 Å². The maximum atomic E-state index is 11.6. The lowest BCUT2D eigenvalue weighted by atomic mass is 9.76. The van der Waals surface area contributed by atoms with E-state index in [1.165, 1.54) is 12.0 Å². The number of piperidine rings is 1. The number of benzene rings is 1. The number of hydrogen-bond donors (Lipinski definition) is 1. The molecule has 2 heterocycles. The van der Waals surface area contributed by atoms with Crippen molar-refractivity contribution >= 4 is 5.97 Å². The Hall–Kier alpha value is -1.39. The molecule has 4 heteroatoms. The zero-order valence-corrected chi connectivity index (χ0v) is 15.5. The van der Waals surface area contributed by atoms with Gasteiger partial charge in [-0.05, 0) is 75.7 Å². The molecule has 2 aliphatic heterocycles. The lowest BCUT2D eigenvalue weighted by Crippen LogP contribution is -2.42. The molecule has 2 fully saturated rings. The number of carbonyl (C=O) groups is 1. The summed E-state index contributed by atoms with van der Waals surface area (Å²) in [4.78, 5) is 16.4. The van der Waals surface area contributed by atoms with Crippen LogP contribution in [0.3, 0.4) is 0 Å². The normalized spacial score (nSPS) is 24.0. The van der Waals surface area contributed by atoms with E-state index in [0.717, 1.165) is 64.8 Å². The van der Waals surface area contributed by atoms with Crippen LogP contribution in [0.2, 0.25) is 0 Å². The summed E-state index contributed by atoms with van der Waals surface area (Å²) >= 11 is 0. The number of carboxylic acid groups (broad SMARTS) is 1. The molecule has 0 saturated carbocycles. The summed E-state index contributed by atoms with van der Waals surface area (Å²) in [5.74, 6) is -0.629. The highest BCUT2D eigenvalue weighted by Gasteiger charge is 2.47. The standard InChI is InChI=1S/C21H32N2O2/c1-2-12-23-17-21(16-19(23)20(24)25)10-14-22(15-11-21)13-6-9-18-7-4-3-5-8-18/h3-5,7-8,19H,2,6,9-17H2,1H3,(H,24,25). The Morgan fingerprint density at radius 2 is 1.92 bits per heavy atom. The van der Waals surface area contributed by atoms with Crippen LogP contribution in [0.5, 0.6) is 0 Å². The van der Waals surface area contributed by atoms with Crippen LogP contribution >= 0.6 is 0 Å². The quantitative estimate of drug-likeness (QED) is 0.824. The van der Waals surface area contributed by atoms with Gasteiger partial charge < -0.3 is 10.0 Å². The van der Waals surface area contributed by atoms with Crippen molar-refractivity contribution in [3.8, 4) is 0 Å². The van der Waals surface area contributed by atoms with Gasteiger partial charge in [-0.15, -0.1) is 0 Å². The molecule has 25 heavy (non-hydrogen) atoms. The first-order valence-corrected chi connectivity index (χ1v) is 9.85. The smallest absolute Gasteiger partial charge is 0.320 e. The number of aliphatic carboxylic acids is 1. The van der Waals surface area contributed by atoms with Crippen molar-refractivity contribution in [1.29, 1.82) is 0 Å². The van der Waals surface area contributed by atoms with Gasteiger partial charge in [-0.25, -0.2) is 0 Å². The van der Waals surface area contributed by atoms with Crippen LogP contribution in [0.4, 0.5) is 0 Å². The molecule has 1 unspecified atom stereocenters. The van der Waals surface area contributed by atoms with Crippen LogP contribution in [0.25, 0.3) is 0 Å². The summed E-state index contributed by atoms with van der Waals surface area (Å²) in [7, 11) is 0. The zero-order chi connectivity index (χ0) is 17.7. The summed E-state index contributed by atoms with van der Waals surface area (Å²) in [6, 6.07) is 10.4. The van der Waals surface area contributed by atoms with Crippen molar-refractivity contribution in [3.63, 3.8) is 0 Å². The van der Waals surface area contributed by atoms with Crippen LogP contribution in [-0.2, 0) is 11.2 Å². The average molecular weight is 344 g/mol. The first-order chi connectivity index (χ1) is 12.1. The molecule has 3 rings (SSSR count). The van der Waals surface area contributed by atoms with Crippen LogP contribution in [0.15, 0.2) is 30.3 Å². The molecule has 4 nitrogen and oxygen atoms in total. The van der Waals surface area contributed by atoms with E-state index in [-0.39, 0.29) is 11.5 Å². The minimum Gasteiger partial charge on any atom is -0.480 e. The predicted molar refractivity (Wildman–Crippen MR) is 101 cm³/mol. The highest BCUT2D eigenvalue weighted by molar-refractivity contribution is 5.74. The van der Waals surface area contributed by atoms with Crippen molar-refractivity contribution in [2.24, 2.45) is 5.41 Å². The van der Waals surface area contributed by atoms with Crippen molar-refractivity contribution in [2.75, 3.05) is 32.7 Å². The van der Waals surface area contributed by atoms with Gasteiger partial charge in [0.05, 0.1) is 0 Å². The van der Waals surface area contributed by atoms with Crippen LogP contribution in [0.1, 0.15) is 44.6 Å². The third-order valence-corrected chi connectivity index (χ3v) is 6.10. The Labute approximate surface area is 151 Å². The molecule has 138 valence electrons. The first-order valence-electron chi connectivity index (χ1n) is 9.85.